The molecule has 1 N–H and O–H groups in total. The molecular formula is C15H18BrNOS. The molecule has 2 aromatic rings. The Morgan fingerprint density at radius 1 is 1.37 bits per heavy atom. The van der Waals surface area contributed by atoms with Crippen molar-refractivity contribution in [3.05, 3.63) is 50.6 Å². The van der Waals surface area contributed by atoms with E-state index in [0.29, 0.717) is 6.61 Å². The zero-order chi connectivity index (χ0) is 13.7. The third-order valence-corrected chi connectivity index (χ3v) is 4.33. The molecule has 19 heavy (non-hydrogen) atoms. The molecule has 1 heterocycles. The van der Waals surface area contributed by atoms with Crippen molar-refractivity contribution in [2.24, 2.45) is 0 Å². The summed E-state index contributed by atoms with van der Waals surface area (Å²) in [6, 6.07) is 8.62. The number of ether oxygens (including phenoxy) is 1. The summed E-state index contributed by atoms with van der Waals surface area (Å²) in [5.41, 5.74) is 2.53. The molecule has 0 saturated carbocycles. The highest BCUT2D eigenvalue weighted by molar-refractivity contribution is 9.10. The van der Waals surface area contributed by atoms with Gasteiger partial charge in [-0.15, -0.1) is 0 Å². The molecule has 1 aromatic heterocycles. The first-order valence-corrected chi connectivity index (χ1v) is 8.05. The van der Waals surface area contributed by atoms with E-state index in [-0.39, 0.29) is 6.04 Å². The molecule has 0 bridgehead atoms. The number of thiophene rings is 1. The van der Waals surface area contributed by atoms with E-state index in [1.165, 1.54) is 11.1 Å². The normalized spacial score (nSPS) is 12.4. The van der Waals surface area contributed by atoms with Gasteiger partial charge in [-0.05, 0) is 48.5 Å². The van der Waals surface area contributed by atoms with Gasteiger partial charge in [-0.2, -0.15) is 11.3 Å². The van der Waals surface area contributed by atoms with Crippen LogP contribution in [0.5, 0.6) is 5.75 Å². The van der Waals surface area contributed by atoms with Crippen molar-refractivity contribution in [1.29, 1.82) is 0 Å². The summed E-state index contributed by atoms with van der Waals surface area (Å²) < 4.78 is 7.00. The van der Waals surface area contributed by atoms with Crippen LogP contribution in [-0.4, -0.2) is 13.7 Å². The van der Waals surface area contributed by atoms with E-state index in [2.05, 4.69) is 57.1 Å². The first-order valence-electron chi connectivity index (χ1n) is 6.31. The van der Waals surface area contributed by atoms with Crippen LogP contribution < -0.4 is 10.1 Å². The molecule has 0 spiro atoms. The summed E-state index contributed by atoms with van der Waals surface area (Å²) >= 11 is 5.23. The van der Waals surface area contributed by atoms with Gasteiger partial charge in [-0.25, -0.2) is 0 Å². The number of rotatable bonds is 6. The fourth-order valence-corrected chi connectivity index (χ4v) is 2.90. The second-order valence-electron chi connectivity index (χ2n) is 4.42. The minimum Gasteiger partial charge on any atom is -0.493 e. The van der Waals surface area contributed by atoms with Crippen LogP contribution in [0.4, 0.5) is 0 Å². The van der Waals surface area contributed by atoms with E-state index in [1.807, 2.05) is 13.1 Å². The second-order valence-corrected chi connectivity index (χ2v) is 6.12. The average Bonchev–Trinajstić information content (AvgIpc) is 2.91. The van der Waals surface area contributed by atoms with Crippen molar-refractivity contribution in [1.82, 2.24) is 5.32 Å². The fraction of sp³-hybridized carbons (Fsp3) is 0.333. The molecule has 0 aliphatic heterocycles. The van der Waals surface area contributed by atoms with E-state index in [0.717, 1.165) is 16.6 Å². The second kappa shape index (κ2) is 7.08. The molecule has 4 heteroatoms. The quantitative estimate of drug-likeness (QED) is 0.841. The number of nitrogens with one attached hydrogen (secondary N) is 1. The Hall–Kier alpha value is -0.840. The van der Waals surface area contributed by atoms with Gasteiger partial charge in [-0.1, -0.05) is 22.0 Å². The molecule has 2 nitrogen and oxygen atoms in total. The van der Waals surface area contributed by atoms with Gasteiger partial charge in [0.05, 0.1) is 6.61 Å². The van der Waals surface area contributed by atoms with E-state index >= 15 is 0 Å². The highest BCUT2D eigenvalue weighted by Crippen LogP contribution is 2.28. The highest BCUT2D eigenvalue weighted by atomic mass is 79.9. The van der Waals surface area contributed by atoms with Crippen LogP contribution in [0.15, 0.2) is 39.5 Å². The van der Waals surface area contributed by atoms with Gasteiger partial charge in [-0.3, -0.25) is 0 Å². The summed E-state index contributed by atoms with van der Waals surface area (Å²) in [6.07, 6.45) is 0.948. The molecule has 102 valence electrons. The number of benzene rings is 1. The van der Waals surface area contributed by atoms with Crippen LogP contribution in [-0.2, 0) is 6.42 Å². The fourth-order valence-electron chi connectivity index (χ4n) is 1.86. The molecule has 1 atom stereocenters. The third kappa shape index (κ3) is 4.06. The van der Waals surface area contributed by atoms with Crippen LogP contribution in [0.3, 0.4) is 0 Å². The average molecular weight is 340 g/mol. The Bertz CT molecular complexity index is 513. The number of hydrogen-bond donors (Lipinski definition) is 1. The van der Waals surface area contributed by atoms with E-state index in [1.54, 1.807) is 11.3 Å². The van der Waals surface area contributed by atoms with Crippen molar-refractivity contribution in [2.45, 2.75) is 19.4 Å². The number of hydrogen-bond acceptors (Lipinski definition) is 3. The van der Waals surface area contributed by atoms with E-state index in [4.69, 9.17) is 4.74 Å². The topological polar surface area (TPSA) is 21.3 Å². The van der Waals surface area contributed by atoms with Gasteiger partial charge < -0.3 is 10.1 Å². The summed E-state index contributed by atoms with van der Waals surface area (Å²) in [4.78, 5) is 0. The molecule has 0 fully saturated rings. The maximum absolute atomic E-state index is 5.95. The minimum absolute atomic E-state index is 0.282. The predicted molar refractivity (Wildman–Crippen MR) is 85.1 cm³/mol. The highest BCUT2D eigenvalue weighted by Gasteiger charge is 2.10. The first kappa shape index (κ1) is 14.6. The van der Waals surface area contributed by atoms with E-state index in [9.17, 15) is 0 Å². The first-order chi connectivity index (χ1) is 9.20. The summed E-state index contributed by atoms with van der Waals surface area (Å²) in [5, 5.41) is 7.52. The lowest BCUT2D eigenvalue weighted by atomic mass is 10.1. The molecule has 0 amide bonds. The van der Waals surface area contributed by atoms with Gasteiger partial charge in [0.15, 0.2) is 0 Å². The molecule has 0 aliphatic rings. The Labute approximate surface area is 126 Å². The van der Waals surface area contributed by atoms with Crippen LogP contribution in [0, 0.1) is 0 Å². The molecule has 0 radical (unpaired) electrons. The molecule has 1 aromatic carbocycles. The lowest BCUT2D eigenvalue weighted by Crippen LogP contribution is -2.14. The zero-order valence-corrected chi connectivity index (χ0v) is 13.6. The Morgan fingerprint density at radius 3 is 2.89 bits per heavy atom. The molecule has 2 rings (SSSR count). The lowest BCUT2D eigenvalue weighted by molar-refractivity contribution is 0.315. The predicted octanol–water partition coefficient (Wildman–Crippen LogP) is 4.41. The Kier molecular flexibility index (Phi) is 5.43. The van der Waals surface area contributed by atoms with Crippen LogP contribution in [0.25, 0.3) is 0 Å². The SMILES string of the molecule is CNC(C)c1ccc(Br)cc1OCCc1ccsc1. The van der Waals surface area contributed by atoms with Crippen LogP contribution >= 0.6 is 27.3 Å². The van der Waals surface area contributed by atoms with Crippen molar-refractivity contribution < 1.29 is 4.74 Å². The van der Waals surface area contributed by atoms with Gasteiger partial charge in [0.1, 0.15) is 5.75 Å². The monoisotopic (exact) mass is 339 g/mol. The summed E-state index contributed by atoms with van der Waals surface area (Å²) in [6.45, 7) is 2.84. The van der Waals surface area contributed by atoms with Crippen LogP contribution in [0.1, 0.15) is 24.1 Å². The molecule has 1 unspecified atom stereocenters. The standard InChI is InChI=1S/C15H18BrNOS/c1-11(17-2)14-4-3-13(16)9-15(14)18-7-5-12-6-8-19-10-12/h3-4,6,8-11,17H,5,7H2,1-2H3. The largest absolute Gasteiger partial charge is 0.493 e. The van der Waals surface area contributed by atoms with E-state index < -0.39 is 0 Å². The minimum atomic E-state index is 0.282. The smallest absolute Gasteiger partial charge is 0.125 e. The van der Waals surface area contributed by atoms with Gasteiger partial charge in [0, 0.05) is 22.5 Å². The molecule has 0 saturated heterocycles. The van der Waals surface area contributed by atoms with Crippen molar-refractivity contribution in [2.75, 3.05) is 13.7 Å². The van der Waals surface area contributed by atoms with Crippen molar-refractivity contribution in [3.63, 3.8) is 0 Å². The number of halogens is 1. The lowest BCUT2D eigenvalue weighted by Gasteiger charge is -2.16. The Balaban J connectivity index is 2.03. The van der Waals surface area contributed by atoms with Gasteiger partial charge in [0.25, 0.3) is 0 Å². The molecule has 0 aliphatic carbocycles. The third-order valence-electron chi connectivity index (χ3n) is 3.10. The van der Waals surface area contributed by atoms with Crippen molar-refractivity contribution >= 4 is 27.3 Å². The van der Waals surface area contributed by atoms with Crippen LogP contribution in [0.2, 0.25) is 0 Å². The van der Waals surface area contributed by atoms with Gasteiger partial charge in [0.2, 0.25) is 0 Å². The van der Waals surface area contributed by atoms with Gasteiger partial charge >= 0.3 is 0 Å². The molecular weight excluding hydrogens is 322 g/mol. The maximum atomic E-state index is 5.95. The van der Waals surface area contributed by atoms with Crippen molar-refractivity contribution in [3.8, 4) is 5.75 Å². The Morgan fingerprint density at radius 2 is 2.21 bits per heavy atom. The summed E-state index contributed by atoms with van der Waals surface area (Å²) in [7, 11) is 1.96. The zero-order valence-electron chi connectivity index (χ0n) is 11.2. The maximum Gasteiger partial charge on any atom is 0.125 e. The summed E-state index contributed by atoms with van der Waals surface area (Å²) in [5.74, 6) is 0.950.